The van der Waals surface area contributed by atoms with Crippen molar-refractivity contribution in [3.63, 3.8) is 0 Å². The smallest absolute Gasteiger partial charge is 0.415 e. The van der Waals surface area contributed by atoms with E-state index in [2.05, 4.69) is 21.3 Å². The summed E-state index contributed by atoms with van der Waals surface area (Å²) in [4.78, 5) is 144. The molecule has 1 aliphatic carbocycles. The molecule has 0 spiro atoms. The Morgan fingerprint density at radius 3 is 2.15 bits per heavy atom. The fourth-order valence-electron chi connectivity index (χ4n) is 10.7. The van der Waals surface area contributed by atoms with Crippen molar-refractivity contribution in [1.29, 1.82) is 0 Å². The highest BCUT2D eigenvalue weighted by Crippen LogP contribution is 2.42. The van der Waals surface area contributed by atoms with Crippen molar-refractivity contribution in [1.82, 2.24) is 56.2 Å². The number of aromatic nitrogens is 7. The van der Waals surface area contributed by atoms with Gasteiger partial charge in [0.15, 0.2) is 5.78 Å². The number of ether oxygens (including phenoxy) is 2. The standard InChI is InChI=1S/C62H66N12O12S6/c1-30(2)37-22-43(75)50-32(4)91-59(72-50)39(23-46(76)63-5)66-53(80)41-27-87-55(68-41)36-19-20-38(57-70-45(29-90-57)74(21-11-10-14-48(78)79)62(84)86-35-17-15-34(16-18-35)61(82)83)65-51(36)40-26-88-58(67-40)42-28-89-60(69-42)49(31(3)33-12-8-7-9-13-33)71-47(77)24-64-54(81)52-44(25-85-6)92-56(37)73-52/h7-9,12-13,19-20,26-31,34-35,37,39,49H,10-11,14-18,21-25H2,1-6H3,(H,63,76)(H,64,81)(H,66,80)(H,71,77)(H,78,79)(H,82,83)/t31-,34?,35?,37?,39-,49-/m0/s1. The first-order valence-corrected chi connectivity index (χ1v) is 34.8. The molecule has 10 rings (SSSR count). The van der Waals surface area contributed by atoms with Gasteiger partial charge in [0.05, 0.1) is 53.2 Å². The first-order chi connectivity index (χ1) is 44.2. The van der Waals surface area contributed by atoms with Crippen molar-refractivity contribution in [3.8, 4) is 43.4 Å². The van der Waals surface area contributed by atoms with Gasteiger partial charge in [0, 0.05) is 77.3 Å². The molecule has 0 radical (unpaired) electrons. The third-order valence-corrected chi connectivity index (χ3v) is 21.5. The number of Topliss-reactive ketones (excluding diaryl/α,β-unsaturated/α-hetero) is 1. The lowest BCUT2D eigenvalue weighted by Gasteiger charge is -2.28. The number of fused-ring (bicyclic) bond motifs is 14. The van der Waals surface area contributed by atoms with Crippen LogP contribution in [0.5, 0.6) is 0 Å². The molecule has 2 aliphatic rings. The summed E-state index contributed by atoms with van der Waals surface area (Å²) in [7, 11) is 2.98. The van der Waals surface area contributed by atoms with Gasteiger partial charge >= 0.3 is 18.0 Å². The average Bonchev–Trinajstić information content (AvgIpc) is 1.62. The molecule has 1 aromatic carbocycles. The van der Waals surface area contributed by atoms with E-state index in [0.29, 0.717) is 100 Å². The maximum atomic E-state index is 14.5. The number of anilines is 1. The Kier molecular flexibility index (Phi) is 21.8. The number of rotatable bonds is 16. The van der Waals surface area contributed by atoms with E-state index in [-0.39, 0.29) is 79.4 Å². The summed E-state index contributed by atoms with van der Waals surface area (Å²) < 4.78 is 11.4. The second-order valence-electron chi connectivity index (χ2n) is 22.5. The molecule has 30 heteroatoms. The Bertz CT molecular complexity index is 4020. The number of carboxylic acid groups (broad SMARTS) is 2. The van der Waals surface area contributed by atoms with Crippen molar-refractivity contribution in [2.45, 2.75) is 122 Å². The zero-order valence-corrected chi connectivity index (χ0v) is 55.8. The molecule has 1 aliphatic heterocycles. The van der Waals surface area contributed by atoms with Gasteiger partial charge in [0.2, 0.25) is 11.8 Å². The summed E-state index contributed by atoms with van der Waals surface area (Å²) in [5.74, 6) is -5.44. The number of benzene rings is 1. The predicted molar refractivity (Wildman–Crippen MR) is 351 cm³/mol. The molecule has 4 atom stereocenters. The van der Waals surface area contributed by atoms with E-state index in [0.717, 1.165) is 5.56 Å². The van der Waals surface area contributed by atoms with Crippen molar-refractivity contribution >= 4 is 121 Å². The maximum Gasteiger partial charge on any atom is 0.415 e. The van der Waals surface area contributed by atoms with Crippen LogP contribution in [0, 0.1) is 18.8 Å². The number of aryl methyl sites for hydroxylation is 1. The summed E-state index contributed by atoms with van der Waals surface area (Å²) >= 11 is 7.44. The van der Waals surface area contributed by atoms with Crippen LogP contribution in [0.4, 0.5) is 10.6 Å². The minimum atomic E-state index is -0.981. The highest BCUT2D eigenvalue weighted by atomic mass is 32.1. The van der Waals surface area contributed by atoms with Crippen LogP contribution in [0.25, 0.3) is 43.4 Å². The summed E-state index contributed by atoms with van der Waals surface area (Å²) in [5.41, 5.74) is 3.34. The Hall–Kier alpha value is -8.13. The third-order valence-electron chi connectivity index (χ3n) is 15.8. The van der Waals surface area contributed by atoms with Crippen molar-refractivity contribution in [3.05, 3.63) is 111 Å². The predicted octanol–water partition coefficient (Wildman–Crippen LogP) is 11.1. The Morgan fingerprint density at radius 1 is 0.717 bits per heavy atom. The molecular formula is C62H66N12O12S6. The number of carboxylic acids is 2. The lowest BCUT2D eigenvalue weighted by molar-refractivity contribution is -0.143. The van der Waals surface area contributed by atoms with E-state index in [9.17, 15) is 48.6 Å². The number of aliphatic carboxylic acids is 2. The highest BCUT2D eigenvalue weighted by Gasteiger charge is 2.35. The maximum absolute atomic E-state index is 14.5. The molecule has 8 aromatic rings. The Balaban J connectivity index is 1.03. The van der Waals surface area contributed by atoms with Gasteiger partial charge in [-0.05, 0) is 69.1 Å². The number of carbonyl (C=O) groups excluding carboxylic acids is 6. The van der Waals surface area contributed by atoms with E-state index >= 15 is 0 Å². The number of thiazole rings is 6. The van der Waals surface area contributed by atoms with Gasteiger partial charge in [0.1, 0.15) is 71.1 Å². The minimum absolute atomic E-state index is 0.0229. The van der Waals surface area contributed by atoms with Crippen molar-refractivity contribution in [2.75, 3.05) is 32.1 Å². The summed E-state index contributed by atoms with van der Waals surface area (Å²) in [6.07, 6.45) is 0.514. The van der Waals surface area contributed by atoms with Crippen LogP contribution in [-0.4, -0.2) is 126 Å². The number of carbonyl (C=O) groups is 8. The largest absolute Gasteiger partial charge is 0.481 e. The summed E-state index contributed by atoms with van der Waals surface area (Å²) in [5, 5.41) is 40.1. The van der Waals surface area contributed by atoms with Crippen LogP contribution in [0.15, 0.2) is 64.0 Å². The van der Waals surface area contributed by atoms with Crippen LogP contribution >= 0.6 is 68.0 Å². The average molecular weight is 1360 g/mol. The number of hydrogen-bond donors (Lipinski definition) is 6. The zero-order valence-electron chi connectivity index (χ0n) is 50.9. The van der Waals surface area contributed by atoms with E-state index < -0.39 is 78.2 Å². The van der Waals surface area contributed by atoms with Crippen molar-refractivity contribution < 1.29 is 58.0 Å². The van der Waals surface area contributed by atoms with E-state index in [4.69, 9.17) is 44.4 Å². The number of nitrogens with one attached hydrogen (secondary N) is 4. The van der Waals surface area contributed by atoms with Gasteiger partial charge in [-0.15, -0.1) is 68.0 Å². The molecule has 482 valence electrons. The van der Waals surface area contributed by atoms with E-state index in [1.165, 1.54) is 87.1 Å². The lowest BCUT2D eigenvalue weighted by atomic mass is 9.87. The molecule has 6 N–H and O–H groups in total. The normalized spacial score (nSPS) is 18.5. The third kappa shape index (κ3) is 15.8. The van der Waals surface area contributed by atoms with Crippen LogP contribution in [-0.2, 0) is 35.3 Å². The quantitative estimate of drug-likeness (QED) is 0.0489. The lowest BCUT2D eigenvalue weighted by Crippen LogP contribution is -2.40. The number of hydrogen-bond acceptors (Lipinski definition) is 23. The molecule has 0 saturated heterocycles. The topological polar surface area (TPSA) is 337 Å². The number of amides is 5. The van der Waals surface area contributed by atoms with Crippen molar-refractivity contribution in [2.24, 2.45) is 11.8 Å². The first kappa shape index (κ1) is 66.8. The van der Waals surface area contributed by atoms with Gasteiger partial charge in [-0.2, -0.15) is 0 Å². The molecule has 1 saturated carbocycles. The Labute approximate surface area is 552 Å². The highest BCUT2D eigenvalue weighted by molar-refractivity contribution is 7.15. The Morgan fingerprint density at radius 2 is 1.42 bits per heavy atom. The molecular weight excluding hydrogens is 1300 g/mol. The number of pyridine rings is 1. The molecule has 5 amide bonds. The fraction of sp³-hybridized carbons (Fsp3) is 0.403. The van der Waals surface area contributed by atoms with Gasteiger partial charge in [0.25, 0.3) is 11.8 Å². The SMILES string of the molecule is CNC(=O)C[C@@H]1NC(=O)c2csc(n2)-c2ccc(-c3nc(N(CCCCC(=O)O)C(=O)OC4CCC(C(=O)O)CC4)cs3)nc2-c2csc(n2)-c2csc(n2)[C@H]([C@@H](C)c2ccccc2)NC(=O)CNC(=O)c2nc(sc2COC)C(C(C)C)CC(=O)c2nc1sc2C. The second kappa shape index (κ2) is 30.1. The minimum Gasteiger partial charge on any atom is -0.481 e. The number of methoxy groups -OCH3 is 1. The molecule has 1 unspecified atom stereocenters. The number of nitrogens with zero attached hydrogens (tertiary/aromatic N) is 8. The van der Waals surface area contributed by atoms with E-state index in [1.807, 2.05) is 61.9 Å². The molecule has 92 heavy (non-hydrogen) atoms. The van der Waals surface area contributed by atoms with Crippen LogP contribution in [0.1, 0.15) is 164 Å². The fourth-order valence-corrected chi connectivity index (χ4v) is 16.4. The second-order valence-corrected chi connectivity index (χ2v) is 28.3. The van der Waals surface area contributed by atoms with E-state index in [1.54, 1.807) is 29.8 Å². The first-order valence-electron chi connectivity index (χ1n) is 29.7. The number of unbranched alkanes of at least 4 members (excludes halogenated alkanes) is 1. The summed E-state index contributed by atoms with van der Waals surface area (Å²) in [6, 6.07) is 11.5. The molecule has 8 heterocycles. The monoisotopic (exact) mass is 1360 g/mol. The van der Waals surface area contributed by atoms with Crippen LogP contribution in [0.3, 0.4) is 0 Å². The molecule has 1 fully saturated rings. The van der Waals surface area contributed by atoms with Crippen LogP contribution < -0.4 is 26.2 Å². The summed E-state index contributed by atoms with van der Waals surface area (Å²) in [6.45, 7) is 7.37. The molecule has 7 aromatic heterocycles. The van der Waals surface area contributed by atoms with Gasteiger partial charge < -0.3 is 41.0 Å². The number of ketones is 1. The molecule has 24 nitrogen and oxygen atoms in total. The van der Waals surface area contributed by atoms with Gasteiger partial charge in [-0.1, -0.05) is 51.1 Å². The van der Waals surface area contributed by atoms with Gasteiger partial charge in [-0.3, -0.25) is 38.5 Å². The van der Waals surface area contributed by atoms with Crippen LogP contribution in [0.2, 0.25) is 0 Å². The molecule has 10 bridgehead atoms. The van der Waals surface area contributed by atoms with Gasteiger partial charge in [-0.25, -0.2) is 39.7 Å². The zero-order chi connectivity index (χ0) is 65.3.